The van der Waals surface area contributed by atoms with E-state index in [9.17, 15) is 14.4 Å². The van der Waals surface area contributed by atoms with Crippen LogP contribution in [-0.4, -0.2) is 57.6 Å². The van der Waals surface area contributed by atoms with Crippen molar-refractivity contribution in [3.8, 4) is 0 Å². The van der Waals surface area contributed by atoms with Crippen LogP contribution in [0.15, 0.2) is 35.3 Å². The molecule has 23 heavy (non-hydrogen) atoms. The summed E-state index contributed by atoms with van der Waals surface area (Å²) in [6.07, 6.45) is 1.24. The van der Waals surface area contributed by atoms with Crippen LogP contribution in [0.2, 0.25) is 0 Å². The molecule has 0 spiro atoms. The molecular weight excluding hydrogens is 296 g/mol. The first-order chi connectivity index (χ1) is 11.1. The monoisotopic (exact) mass is 314 g/mol. The molecule has 3 rings (SSSR count). The van der Waals surface area contributed by atoms with E-state index < -0.39 is 0 Å². The molecule has 7 heteroatoms. The van der Waals surface area contributed by atoms with Crippen molar-refractivity contribution in [2.24, 2.45) is 0 Å². The molecule has 0 aliphatic carbocycles. The van der Waals surface area contributed by atoms with Crippen LogP contribution in [0.25, 0.3) is 10.9 Å². The smallest absolute Gasteiger partial charge is 0.244 e. The minimum atomic E-state index is -0.153. The van der Waals surface area contributed by atoms with Crippen LogP contribution in [0.3, 0.4) is 0 Å². The van der Waals surface area contributed by atoms with Crippen LogP contribution in [0, 0.1) is 0 Å². The molecule has 2 aromatic rings. The van der Waals surface area contributed by atoms with Crippen molar-refractivity contribution in [2.75, 3.05) is 26.2 Å². The summed E-state index contributed by atoms with van der Waals surface area (Å²) in [4.78, 5) is 39.1. The van der Waals surface area contributed by atoms with E-state index in [0.29, 0.717) is 37.1 Å². The van der Waals surface area contributed by atoms with Gasteiger partial charge in [-0.1, -0.05) is 12.1 Å². The standard InChI is InChI=1S/C16H18N4O3/c1-12(21)18-6-8-19(9-7-18)16(23)11-20-14-5-3-2-4-13(14)15(22)10-17-20/h2-5,10H,6-9,11H2,1H3. The summed E-state index contributed by atoms with van der Waals surface area (Å²) in [7, 11) is 0. The van der Waals surface area contributed by atoms with Crippen molar-refractivity contribution in [3.63, 3.8) is 0 Å². The Balaban J connectivity index is 1.75. The molecule has 7 nitrogen and oxygen atoms in total. The molecule has 0 bridgehead atoms. The Bertz CT molecular complexity index is 806. The lowest BCUT2D eigenvalue weighted by Crippen LogP contribution is -2.50. The van der Waals surface area contributed by atoms with Gasteiger partial charge in [-0.25, -0.2) is 0 Å². The molecule has 0 saturated carbocycles. The van der Waals surface area contributed by atoms with Crippen molar-refractivity contribution in [3.05, 3.63) is 40.7 Å². The number of piperazine rings is 1. The lowest BCUT2D eigenvalue weighted by Gasteiger charge is -2.34. The van der Waals surface area contributed by atoms with E-state index in [0.717, 1.165) is 0 Å². The number of amides is 2. The molecule has 1 fully saturated rings. The highest BCUT2D eigenvalue weighted by molar-refractivity contribution is 5.82. The molecule has 0 radical (unpaired) electrons. The molecule has 2 amide bonds. The second kappa shape index (κ2) is 6.20. The fourth-order valence-corrected chi connectivity index (χ4v) is 2.79. The first-order valence-corrected chi connectivity index (χ1v) is 7.54. The van der Waals surface area contributed by atoms with Crippen LogP contribution in [0.5, 0.6) is 0 Å². The Kier molecular flexibility index (Phi) is 4.10. The van der Waals surface area contributed by atoms with Crippen LogP contribution in [-0.2, 0) is 16.1 Å². The number of fused-ring (bicyclic) bond motifs is 1. The third-order valence-electron chi connectivity index (χ3n) is 4.12. The average molecular weight is 314 g/mol. The number of para-hydroxylation sites is 1. The van der Waals surface area contributed by atoms with Crippen molar-refractivity contribution < 1.29 is 9.59 Å². The Morgan fingerprint density at radius 2 is 1.74 bits per heavy atom. The largest absolute Gasteiger partial charge is 0.339 e. The van der Waals surface area contributed by atoms with Crippen molar-refractivity contribution in [2.45, 2.75) is 13.5 Å². The summed E-state index contributed by atoms with van der Waals surface area (Å²) in [5.74, 6) is -0.0281. The van der Waals surface area contributed by atoms with Gasteiger partial charge >= 0.3 is 0 Å². The number of nitrogens with zero attached hydrogens (tertiary/aromatic N) is 4. The Hall–Kier alpha value is -2.70. The molecule has 0 N–H and O–H groups in total. The van der Waals surface area contributed by atoms with Gasteiger partial charge in [0.25, 0.3) is 0 Å². The van der Waals surface area contributed by atoms with Gasteiger partial charge in [0.05, 0.1) is 11.7 Å². The molecule has 1 aromatic heterocycles. The summed E-state index contributed by atoms with van der Waals surface area (Å²) in [6, 6.07) is 7.11. The maximum absolute atomic E-state index is 12.5. The SMILES string of the molecule is CC(=O)N1CCN(C(=O)Cn2ncc(=O)c3ccccc32)CC1. The minimum Gasteiger partial charge on any atom is -0.339 e. The Labute approximate surface area is 133 Å². The molecule has 1 aliphatic heterocycles. The van der Waals surface area contributed by atoms with E-state index in [1.54, 1.807) is 32.7 Å². The molecule has 120 valence electrons. The highest BCUT2D eigenvalue weighted by atomic mass is 16.2. The number of carbonyl (C=O) groups excluding carboxylic acids is 2. The Morgan fingerprint density at radius 1 is 1.09 bits per heavy atom. The van der Waals surface area contributed by atoms with Gasteiger partial charge < -0.3 is 9.80 Å². The predicted molar refractivity (Wildman–Crippen MR) is 84.8 cm³/mol. The summed E-state index contributed by atoms with van der Waals surface area (Å²) >= 11 is 0. The van der Waals surface area contributed by atoms with Gasteiger partial charge in [0, 0.05) is 38.5 Å². The summed E-state index contributed by atoms with van der Waals surface area (Å²) in [5.41, 5.74) is 0.495. The second-order valence-corrected chi connectivity index (χ2v) is 5.57. The normalized spacial score (nSPS) is 15.0. The fraction of sp³-hybridized carbons (Fsp3) is 0.375. The molecule has 1 aliphatic rings. The van der Waals surface area contributed by atoms with E-state index in [1.165, 1.54) is 13.1 Å². The first-order valence-electron chi connectivity index (χ1n) is 7.54. The number of carbonyl (C=O) groups is 2. The zero-order chi connectivity index (χ0) is 16.4. The molecule has 0 unspecified atom stereocenters. The quantitative estimate of drug-likeness (QED) is 0.787. The predicted octanol–water partition coefficient (Wildman–Crippen LogP) is 0.0872. The van der Waals surface area contributed by atoms with Crippen molar-refractivity contribution in [1.29, 1.82) is 0 Å². The summed E-state index contributed by atoms with van der Waals surface area (Å²) < 4.78 is 1.55. The average Bonchev–Trinajstić information content (AvgIpc) is 2.57. The Morgan fingerprint density at radius 3 is 2.43 bits per heavy atom. The number of aromatic nitrogens is 2. The number of hydrogen-bond acceptors (Lipinski definition) is 4. The molecule has 2 heterocycles. The zero-order valence-corrected chi connectivity index (χ0v) is 12.9. The lowest BCUT2D eigenvalue weighted by molar-refractivity contribution is -0.138. The maximum atomic E-state index is 12.5. The van der Waals surface area contributed by atoms with E-state index in [2.05, 4.69) is 5.10 Å². The number of hydrogen-bond donors (Lipinski definition) is 0. The molecule has 1 saturated heterocycles. The highest BCUT2D eigenvalue weighted by Crippen LogP contribution is 2.09. The highest BCUT2D eigenvalue weighted by Gasteiger charge is 2.22. The van der Waals surface area contributed by atoms with Gasteiger partial charge in [-0.2, -0.15) is 5.10 Å². The molecule has 1 aromatic carbocycles. The van der Waals surface area contributed by atoms with Crippen LogP contribution in [0.4, 0.5) is 0 Å². The maximum Gasteiger partial charge on any atom is 0.244 e. The zero-order valence-electron chi connectivity index (χ0n) is 12.9. The molecule has 0 atom stereocenters. The van der Waals surface area contributed by atoms with Crippen molar-refractivity contribution >= 4 is 22.7 Å². The van der Waals surface area contributed by atoms with Gasteiger partial charge in [0.2, 0.25) is 17.2 Å². The molecular formula is C16H18N4O3. The van der Waals surface area contributed by atoms with E-state index >= 15 is 0 Å². The van der Waals surface area contributed by atoms with Gasteiger partial charge in [-0.3, -0.25) is 19.1 Å². The van der Waals surface area contributed by atoms with Crippen LogP contribution < -0.4 is 5.43 Å². The van der Waals surface area contributed by atoms with Gasteiger partial charge in [0.1, 0.15) is 6.54 Å². The second-order valence-electron chi connectivity index (χ2n) is 5.57. The van der Waals surface area contributed by atoms with Crippen molar-refractivity contribution in [1.82, 2.24) is 19.6 Å². The fourth-order valence-electron chi connectivity index (χ4n) is 2.79. The number of rotatable bonds is 2. The van der Waals surface area contributed by atoms with Crippen LogP contribution in [0.1, 0.15) is 6.92 Å². The van der Waals surface area contributed by atoms with Crippen LogP contribution >= 0.6 is 0 Å². The van der Waals surface area contributed by atoms with E-state index in [-0.39, 0.29) is 23.8 Å². The topological polar surface area (TPSA) is 75.5 Å². The van der Waals surface area contributed by atoms with Gasteiger partial charge in [-0.15, -0.1) is 0 Å². The number of benzene rings is 1. The lowest BCUT2D eigenvalue weighted by atomic mass is 10.2. The third-order valence-corrected chi connectivity index (χ3v) is 4.12. The summed E-state index contributed by atoms with van der Waals surface area (Å²) in [6.45, 7) is 3.78. The third kappa shape index (κ3) is 3.08. The summed E-state index contributed by atoms with van der Waals surface area (Å²) in [5, 5.41) is 4.63. The van der Waals surface area contributed by atoms with Gasteiger partial charge in [0.15, 0.2) is 0 Å². The first kappa shape index (κ1) is 15.2. The van der Waals surface area contributed by atoms with E-state index in [1.807, 2.05) is 6.07 Å². The van der Waals surface area contributed by atoms with Gasteiger partial charge in [-0.05, 0) is 12.1 Å². The minimum absolute atomic E-state index is 0.0326. The van der Waals surface area contributed by atoms with E-state index in [4.69, 9.17) is 0 Å².